The summed E-state index contributed by atoms with van der Waals surface area (Å²) in [5, 5.41) is 12.5. The van der Waals surface area contributed by atoms with Crippen molar-refractivity contribution >= 4 is 12.4 Å². The molecule has 22 heavy (non-hydrogen) atoms. The van der Waals surface area contributed by atoms with E-state index in [1.807, 2.05) is 56.3 Å². The van der Waals surface area contributed by atoms with E-state index in [9.17, 15) is 5.11 Å². The minimum atomic E-state index is -0.261. The van der Waals surface area contributed by atoms with Gasteiger partial charge in [-0.2, -0.15) is 0 Å². The van der Waals surface area contributed by atoms with Crippen molar-refractivity contribution in [3.63, 3.8) is 0 Å². The van der Waals surface area contributed by atoms with Crippen molar-refractivity contribution in [2.24, 2.45) is 0 Å². The summed E-state index contributed by atoms with van der Waals surface area (Å²) in [6, 6.07) is 18.2. The molecule has 0 fully saturated rings. The second kappa shape index (κ2) is 8.79. The molecule has 120 valence electrons. The molecule has 0 atom stereocenters. The summed E-state index contributed by atoms with van der Waals surface area (Å²) in [4.78, 5) is 0. The molecule has 0 aliphatic carbocycles. The van der Waals surface area contributed by atoms with Gasteiger partial charge in [0.15, 0.2) is 0 Å². The third kappa shape index (κ3) is 6.06. The van der Waals surface area contributed by atoms with Crippen LogP contribution in [0.3, 0.4) is 0 Å². The maximum Gasteiger partial charge on any atom is 0.119 e. The van der Waals surface area contributed by atoms with Crippen LogP contribution >= 0.6 is 12.4 Å². The SMILES string of the molecule is CC(C)(CO)NCc1ccc(OCc2ccccc2)cc1.Cl. The van der Waals surface area contributed by atoms with Crippen LogP contribution in [0.15, 0.2) is 54.6 Å². The number of hydrogen-bond donors (Lipinski definition) is 2. The van der Waals surface area contributed by atoms with Crippen molar-refractivity contribution in [3.05, 3.63) is 65.7 Å². The third-order valence-corrected chi connectivity index (χ3v) is 3.34. The Bertz CT molecular complexity index is 541. The lowest BCUT2D eigenvalue weighted by Gasteiger charge is -2.23. The van der Waals surface area contributed by atoms with Gasteiger partial charge in [0.1, 0.15) is 12.4 Å². The van der Waals surface area contributed by atoms with Gasteiger partial charge in [-0.3, -0.25) is 0 Å². The molecule has 0 amide bonds. The van der Waals surface area contributed by atoms with Crippen LogP contribution in [0, 0.1) is 0 Å². The molecule has 0 radical (unpaired) electrons. The fraction of sp³-hybridized carbons (Fsp3) is 0.333. The Hall–Kier alpha value is -1.55. The van der Waals surface area contributed by atoms with Crippen molar-refractivity contribution in [2.75, 3.05) is 6.61 Å². The first-order valence-corrected chi connectivity index (χ1v) is 7.21. The van der Waals surface area contributed by atoms with Gasteiger partial charge >= 0.3 is 0 Å². The molecule has 0 aromatic heterocycles. The molecule has 0 saturated carbocycles. The molecule has 0 bridgehead atoms. The van der Waals surface area contributed by atoms with Crippen molar-refractivity contribution < 1.29 is 9.84 Å². The third-order valence-electron chi connectivity index (χ3n) is 3.34. The van der Waals surface area contributed by atoms with Gasteiger partial charge in [-0.1, -0.05) is 42.5 Å². The van der Waals surface area contributed by atoms with Crippen molar-refractivity contribution in [3.8, 4) is 5.75 Å². The molecule has 0 spiro atoms. The lowest BCUT2D eigenvalue weighted by Crippen LogP contribution is -2.42. The highest BCUT2D eigenvalue weighted by Gasteiger charge is 2.14. The van der Waals surface area contributed by atoms with E-state index in [-0.39, 0.29) is 24.6 Å². The normalized spacial score (nSPS) is 10.9. The molecule has 0 aliphatic heterocycles. The molecule has 4 heteroatoms. The topological polar surface area (TPSA) is 41.5 Å². The molecule has 0 saturated heterocycles. The maximum atomic E-state index is 9.21. The molecule has 2 aromatic rings. The van der Waals surface area contributed by atoms with Gasteiger partial charge in [-0.15, -0.1) is 12.4 Å². The zero-order valence-corrected chi connectivity index (χ0v) is 13.9. The number of halogens is 1. The monoisotopic (exact) mass is 321 g/mol. The highest BCUT2D eigenvalue weighted by molar-refractivity contribution is 5.85. The second-order valence-corrected chi connectivity index (χ2v) is 5.81. The van der Waals surface area contributed by atoms with E-state index in [2.05, 4.69) is 17.4 Å². The van der Waals surface area contributed by atoms with Crippen molar-refractivity contribution in [2.45, 2.75) is 32.5 Å². The highest BCUT2D eigenvalue weighted by Crippen LogP contribution is 2.15. The summed E-state index contributed by atoms with van der Waals surface area (Å²) in [5.74, 6) is 0.865. The molecular weight excluding hydrogens is 298 g/mol. The summed E-state index contributed by atoms with van der Waals surface area (Å²) in [6.07, 6.45) is 0. The molecule has 0 unspecified atom stereocenters. The highest BCUT2D eigenvalue weighted by atomic mass is 35.5. The number of aliphatic hydroxyl groups excluding tert-OH is 1. The van der Waals surface area contributed by atoms with E-state index < -0.39 is 0 Å². The van der Waals surface area contributed by atoms with Gasteiger partial charge in [0, 0.05) is 12.1 Å². The van der Waals surface area contributed by atoms with Crippen LogP contribution < -0.4 is 10.1 Å². The maximum absolute atomic E-state index is 9.21. The average Bonchev–Trinajstić information content (AvgIpc) is 2.53. The molecule has 0 heterocycles. The lowest BCUT2D eigenvalue weighted by molar-refractivity contribution is 0.187. The quantitative estimate of drug-likeness (QED) is 0.819. The Labute approximate surface area is 138 Å². The molecule has 2 rings (SSSR count). The minimum absolute atomic E-state index is 0. The van der Waals surface area contributed by atoms with Crippen LogP contribution in [0.1, 0.15) is 25.0 Å². The van der Waals surface area contributed by atoms with E-state index in [1.54, 1.807) is 0 Å². The Morgan fingerprint density at radius 2 is 1.59 bits per heavy atom. The number of rotatable bonds is 7. The zero-order chi connectivity index (χ0) is 15.1. The molecule has 2 N–H and O–H groups in total. The van der Waals surface area contributed by atoms with E-state index >= 15 is 0 Å². The van der Waals surface area contributed by atoms with E-state index in [4.69, 9.17) is 4.74 Å². The summed E-state index contributed by atoms with van der Waals surface area (Å²) in [5.41, 5.74) is 2.07. The molecular formula is C18H24ClNO2. The second-order valence-electron chi connectivity index (χ2n) is 5.81. The van der Waals surface area contributed by atoms with Crippen molar-refractivity contribution in [1.29, 1.82) is 0 Å². The number of hydrogen-bond acceptors (Lipinski definition) is 3. The minimum Gasteiger partial charge on any atom is -0.489 e. The van der Waals surface area contributed by atoms with Gasteiger partial charge < -0.3 is 15.2 Å². The van der Waals surface area contributed by atoms with Gasteiger partial charge in [-0.05, 0) is 37.1 Å². The summed E-state index contributed by atoms with van der Waals surface area (Å²) >= 11 is 0. The Morgan fingerprint density at radius 3 is 2.18 bits per heavy atom. The van der Waals surface area contributed by atoms with E-state index in [1.165, 1.54) is 5.56 Å². The predicted octanol–water partition coefficient (Wildman–Crippen LogP) is 3.55. The van der Waals surface area contributed by atoms with Gasteiger partial charge in [0.05, 0.1) is 6.61 Å². The Kier molecular flexibility index (Phi) is 7.39. The van der Waals surface area contributed by atoms with Crippen LogP contribution in [0.5, 0.6) is 5.75 Å². The average molecular weight is 322 g/mol. The Balaban J connectivity index is 0.00000242. The fourth-order valence-corrected chi connectivity index (χ4v) is 1.84. The van der Waals surface area contributed by atoms with Crippen molar-refractivity contribution in [1.82, 2.24) is 5.32 Å². The van der Waals surface area contributed by atoms with Gasteiger partial charge in [0.2, 0.25) is 0 Å². The number of nitrogens with one attached hydrogen (secondary N) is 1. The number of benzene rings is 2. The summed E-state index contributed by atoms with van der Waals surface area (Å²) < 4.78 is 5.75. The number of ether oxygens (including phenoxy) is 1. The predicted molar refractivity (Wildman–Crippen MR) is 92.5 cm³/mol. The molecule has 0 aliphatic rings. The summed E-state index contributed by atoms with van der Waals surface area (Å²) in [7, 11) is 0. The molecule has 2 aromatic carbocycles. The van der Waals surface area contributed by atoms with Gasteiger partial charge in [0.25, 0.3) is 0 Å². The smallest absolute Gasteiger partial charge is 0.119 e. The first-order valence-electron chi connectivity index (χ1n) is 7.21. The first kappa shape index (κ1) is 18.5. The van der Waals surface area contributed by atoms with E-state index in [0.717, 1.165) is 17.9 Å². The first-order chi connectivity index (χ1) is 10.1. The standard InChI is InChI=1S/C18H23NO2.ClH/c1-18(2,14-20)19-12-15-8-10-17(11-9-15)21-13-16-6-4-3-5-7-16;/h3-11,19-20H,12-14H2,1-2H3;1H. The van der Waals surface area contributed by atoms with Gasteiger partial charge in [-0.25, -0.2) is 0 Å². The Morgan fingerprint density at radius 1 is 0.955 bits per heavy atom. The fourth-order valence-electron chi connectivity index (χ4n) is 1.84. The van der Waals surface area contributed by atoms with Crippen LogP contribution in [0.4, 0.5) is 0 Å². The summed E-state index contributed by atoms with van der Waals surface area (Å²) in [6.45, 7) is 5.38. The van der Waals surface area contributed by atoms with E-state index in [0.29, 0.717) is 6.61 Å². The number of aliphatic hydroxyl groups is 1. The van der Waals surface area contributed by atoms with Crippen LogP contribution in [0.25, 0.3) is 0 Å². The largest absolute Gasteiger partial charge is 0.489 e. The zero-order valence-electron chi connectivity index (χ0n) is 13.1. The molecule has 3 nitrogen and oxygen atoms in total. The van der Waals surface area contributed by atoms with Crippen LogP contribution in [-0.2, 0) is 13.2 Å². The lowest BCUT2D eigenvalue weighted by atomic mass is 10.1. The van der Waals surface area contributed by atoms with Crippen LogP contribution in [0.2, 0.25) is 0 Å². The van der Waals surface area contributed by atoms with Crippen LogP contribution in [-0.4, -0.2) is 17.3 Å².